The number of carbonyl (C=O) groups is 1. The van der Waals surface area contributed by atoms with E-state index >= 15 is 0 Å². The van der Waals surface area contributed by atoms with Gasteiger partial charge in [-0.1, -0.05) is 47.1 Å². The van der Waals surface area contributed by atoms with Crippen molar-refractivity contribution in [3.63, 3.8) is 0 Å². The van der Waals surface area contributed by atoms with Gasteiger partial charge in [0.25, 0.3) is 0 Å². The fourth-order valence-corrected chi connectivity index (χ4v) is 3.87. The smallest absolute Gasteiger partial charge is 0.408 e. The number of para-hydroxylation sites is 1. The van der Waals surface area contributed by atoms with Crippen LogP contribution in [0.5, 0.6) is 0 Å². The molecule has 7 nitrogen and oxygen atoms in total. The molecule has 0 bridgehead atoms. The molecule has 2 aromatic heterocycles. The minimum Gasteiger partial charge on any atom is -0.444 e. The average Bonchev–Trinajstić information content (AvgIpc) is 3.27. The molecule has 0 aliphatic heterocycles. The summed E-state index contributed by atoms with van der Waals surface area (Å²) in [6.45, 7) is 9.16. The van der Waals surface area contributed by atoms with Crippen LogP contribution in [-0.2, 0) is 4.74 Å². The molecule has 0 saturated carbocycles. The van der Waals surface area contributed by atoms with Gasteiger partial charge in [0, 0.05) is 18.0 Å². The predicted octanol–water partition coefficient (Wildman–Crippen LogP) is 6.23. The van der Waals surface area contributed by atoms with Crippen LogP contribution in [0.4, 0.5) is 4.79 Å². The summed E-state index contributed by atoms with van der Waals surface area (Å²) >= 11 is 6.74. The second-order valence-corrected chi connectivity index (χ2v) is 8.99. The normalized spacial score (nSPS) is 12.7. The number of hydrogen-bond donors (Lipinski definition) is 1. The summed E-state index contributed by atoms with van der Waals surface area (Å²) < 4.78 is 12.6. The lowest BCUT2D eigenvalue weighted by Gasteiger charge is -2.22. The first kappa shape index (κ1) is 21.9. The van der Waals surface area contributed by atoms with Gasteiger partial charge in [-0.3, -0.25) is 0 Å². The van der Waals surface area contributed by atoms with Gasteiger partial charge in [-0.2, -0.15) is 4.98 Å². The molecule has 0 spiro atoms. The van der Waals surface area contributed by atoms with E-state index in [0.717, 1.165) is 22.2 Å². The maximum atomic E-state index is 12.1. The Morgan fingerprint density at radius 1 is 1.16 bits per heavy atom. The fraction of sp³-hybridized carbons (Fsp3) is 0.292. The lowest BCUT2D eigenvalue weighted by molar-refractivity contribution is 0.0508. The number of aromatic nitrogens is 3. The number of benzene rings is 2. The van der Waals surface area contributed by atoms with Crippen molar-refractivity contribution in [2.45, 2.75) is 46.3 Å². The molecule has 0 aliphatic carbocycles. The van der Waals surface area contributed by atoms with Crippen LogP contribution in [0.15, 0.2) is 53.1 Å². The number of rotatable bonds is 4. The second kappa shape index (κ2) is 8.31. The van der Waals surface area contributed by atoms with Crippen molar-refractivity contribution in [3.05, 3.63) is 65.0 Å². The van der Waals surface area contributed by atoms with Gasteiger partial charge in [-0.15, -0.1) is 0 Å². The average molecular weight is 453 g/mol. The van der Waals surface area contributed by atoms with E-state index in [1.54, 1.807) is 6.92 Å². The summed E-state index contributed by atoms with van der Waals surface area (Å²) in [5, 5.41) is 8.41. The minimum atomic E-state index is -0.549. The maximum absolute atomic E-state index is 12.1. The Kier molecular flexibility index (Phi) is 5.69. The van der Waals surface area contributed by atoms with E-state index in [1.165, 1.54) is 0 Å². The molecule has 1 amide bonds. The predicted molar refractivity (Wildman–Crippen MR) is 124 cm³/mol. The molecule has 1 unspecified atom stereocenters. The number of alkyl carbamates (subject to hydrolysis) is 1. The van der Waals surface area contributed by atoms with Crippen molar-refractivity contribution in [2.24, 2.45) is 0 Å². The molecule has 8 heteroatoms. The largest absolute Gasteiger partial charge is 0.444 e. The molecule has 1 N–H and O–H groups in total. The summed E-state index contributed by atoms with van der Waals surface area (Å²) in [4.78, 5) is 16.5. The number of nitrogens with zero attached hydrogens (tertiary/aromatic N) is 3. The van der Waals surface area contributed by atoms with Crippen molar-refractivity contribution >= 4 is 28.6 Å². The number of hydrogen-bond acceptors (Lipinski definition) is 5. The lowest BCUT2D eigenvalue weighted by atomic mass is 10.1. The third-order valence-electron chi connectivity index (χ3n) is 4.94. The Morgan fingerprint density at radius 3 is 2.47 bits per heavy atom. The Bertz CT molecular complexity index is 1270. The quantitative estimate of drug-likeness (QED) is 0.397. The number of carbonyl (C=O) groups excluding carboxylic acids is 1. The van der Waals surface area contributed by atoms with Crippen molar-refractivity contribution in [2.75, 3.05) is 0 Å². The van der Waals surface area contributed by atoms with E-state index in [-0.39, 0.29) is 6.04 Å². The number of amides is 1. The standard InChI is InChI=1S/C24H25ClN4O3/c1-14(26-23(30)31-24(3,4)5)16-10-12-17(13-11-16)29-19-9-7-6-8-18(19)20(25)21(29)22-27-15(2)32-28-22/h6-14H,1-5H3,(H,26,30). The molecule has 0 fully saturated rings. The number of aryl methyl sites for hydroxylation is 1. The number of fused-ring (bicyclic) bond motifs is 1. The first-order valence-electron chi connectivity index (χ1n) is 10.3. The molecule has 4 aromatic rings. The topological polar surface area (TPSA) is 82.2 Å². The highest BCUT2D eigenvalue weighted by Crippen LogP contribution is 2.38. The van der Waals surface area contributed by atoms with Gasteiger partial charge >= 0.3 is 6.09 Å². The van der Waals surface area contributed by atoms with Crippen LogP contribution < -0.4 is 5.32 Å². The number of nitrogens with one attached hydrogen (secondary N) is 1. The van der Waals surface area contributed by atoms with Crippen LogP contribution in [0.3, 0.4) is 0 Å². The maximum Gasteiger partial charge on any atom is 0.408 e. The summed E-state index contributed by atoms with van der Waals surface area (Å²) in [5.74, 6) is 0.887. The zero-order chi connectivity index (χ0) is 23.0. The molecule has 32 heavy (non-hydrogen) atoms. The van der Waals surface area contributed by atoms with Gasteiger partial charge in [0.1, 0.15) is 11.3 Å². The van der Waals surface area contributed by atoms with Gasteiger partial charge in [-0.25, -0.2) is 4.79 Å². The highest BCUT2D eigenvalue weighted by Gasteiger charge is 2.23. The molecule has 1 atom stereocenters. The Hall–Kier alpha value is -3.32. The van der Waals surface area contributed by atoms with Crippen LogP contribution in [0.25, 0.3) is 28.1 Å². The molecule has 2 heterocycles. The molecule has 0 radical (unpaired) electrons. The van der Waals surface area contributed by atoms with Gasteiger partial charge in [0.15, 0.2) is 0 Å². The van der Waals surface area contributed by atoms with Crippen LogP contribution in [0.2, 0.25) is 5.02 Å². The van der Waals surface area contributed by atoms with Crippen LogP contribution in [-0.4, -0.2) is 26.4 Å². The molecule has 166 valence electrons. The summed E-state index contributed by atoms with van der Waals surface area (Å²) in [7, 11) is 0. The SMILES string of the molecule is Cc1nc(-c2c(Cl)c3ccccc3n2-c2ccc(C(C)NC(=O)OC(C)(C)C)cc2)no1. The summed E-state index contributed by atoms with van der Waals surface area (Å²) in [6.07, 6.45) is -0.452. The van der Waals surface area contributed by atoms with Crippen LogP contribution >= 0.6 is 11.6 Å². The van der Waals surface area contributed by atoms with Crippen molar-refractivity contribution in [1.29, 1.82) is 0 Å². The minimum absolute atomic E-state index is 0.219. The fourth-order valence-electron chi connectivity index (χ4n) is 3.54. The van der Waals surface area contributed by atoms with Crippen molar-refractivity contribution < 1.29 is 14.1 Å². The molecule has 4 rings (SSSR count). The van der Waals surface area contributed by atoms with E-state index in [2.05, 4.69) is 15.5 Å². The first-order valence-corrected chi connectivity index (χ1v) is 10.7. The van der Waals surface area contributed by atoms with Gasteiger partial charge in [0.05, 0.1) is 16.6 Å². The number of ether oxygens (including phenoxy) is 1. The Labute approximate surface area is 191 Å². The Morgan fingerprint density at radius 2 is 1.84 bits per heavy atom. The van der Waals surface area contributed by atoms with Crippen molar-refractivity contribution in [1.82, 2.24) is 20.0 Å². The highest BCUT2D eigenvalue weighted by molar-refractivity contribution is 6.38. The van der Waals surface area contributed by atoms with Crippen LogP contribution in [0.1, 0.15) is 45.2 Å². The molecule has 2 aromatic carbocycles. The number of halogens is 1. The zero-order valence-electron chi connectivity index (χ0n) is 18.6. The highest BCUT2D eigenvalue weighted by atomic mass is 35.5. The Balaban J connectivity index is 1.70. The summed E-state index contributed by atoms with van der Waals surface area (Å²) in [5.41, 5.74) is 2.88. The van der Waals surface area contributed by atoms with E-state index < -0.39 is 11.7 Å². The van der Waals surface area contributed by atoms with Crippen molar-refractivity contribution in [3.8, 4) is 17.2 Å². The van der Waals surface area contributed by atoms with E-state index in [1.807, 2.05) is 80.8 Å². The van der Waals surface area contributed by atoms with E-state index in [9.17, 15) is 4.79 Å². The monoisotopic (exact) mass is 452 g/mol. The van der Waals surface area contributed by atoms with E-state index in [4.69, 9.17) is 20.9 Å². The lowest BCUT2D eigenvalue weighted by Crippen LogP contribution is -2.34. The van der Waals surface area contributed by atoms with Crippen LogP contribution in [0, 0.1) is 6.92 Å². The molecular weight excluding hydrogens is 428 g/mol. The molecule has 0 aliphatic rings. The molecule has 0 saturated heterocycles. The van der Waals surface area contributed by atoms with Gasteiger partial charge in [-0.05, 0) is 51.5 Å². The second-order valence-electron chi connectivity index (χ2n) is 8.61. The van der Waals surface area contributed by atoms with E-state index in [0.29, 0.717) is 22.4 Å². The molecular formula is C24H25ClN4O3. The zero-order valence-corrected chi connectivity index (χ0v) is 19.4. The third kappa shape index (κ3) is 4.34. The third-order valence-corrected chi connectivity index (χ3v) is 5.32. The first-order chi connectivity index (χ1) is 15.1. The summed E-state index contributed by atoms with van der Waals surface area (Å²) in [6, 6.07) is 15.5. The van der Waals surface area contributed by atoms with Gasteiger partial charge in [0.2, 0.25) is 11.7 Å². The van der Waals surface area contributed by atoms with Gasteiger partial charge < -0.3 is 19.1 Å².